The number of carbonyl (C=O) groups excluding carboxylic acids is 2. The Morgan fingerprint density at radius 3 is 2.35 bits per heavy atom. The third kappa shape index (κ3) is 5.09. The minimum absolute atomic E-state index is 0.0285. The predicted octanol–water partition coefficient (Wildman–Crippen LogP) is 5.80. The van der Waals surface area contributed by atoms with Crippen molar-refractivity contribution >= 4 is 17.6 Å². The average molecular weight is 424 g/mol. The van der Waals surface area contributed by atoms with Gasteiger partial charge in [-0.2, -0.15) is 0 Å². The minimum Gasteiger partial charge on any atom is -0.490 e. The van der Waals surface area contributed by atoms with Gasteiger partial charge in [-0.1, -0.05) is 49.6 Å². The van der Waals surface area contributed by atoms with Gasteiger partial charge in [-0.3, -0.25) is 4.79 Å². The molecule has 166 valence electrons. The summed E-state index contributed by atoms with van der Waals surface area (Å²) in [6.45, 7) is 8.06. The van der Waals surface area contributed by atoms with Crippen LogP contribution >= 0.6 is 0 Å². The molecule has 0 heterocycles. The van der Waals surface area contributed by atoms with Gasteiger partial charge < -0.3 is 14.8 Å². The largest absolute Gasteiger partial charge is 0.490 e. The quantitative estimate of drug-likeness (QED) is 0.545. The van der Waals surface area contributed by atoms with Crippen LogP contribution in [-0.4, -0.2) is 24.6 Å². The molecule has 3 rings (SSSR count). The molecule has 1 amide bonds. The Hall–Kier alpha value is -2.82. The molecule has 1 aliphatic rings. The Balaban J connectivity index is 1.89. The standard InChI is InChI=1S/C26H33NO4/c1-5-19(4)31-23-14-13-21(17-22(23)24(28)30-6-2)27-25(29)26(15-7-8-16-26)20-11-9-18(3)10-12-20/h9-14,17,19H,5-8,15-16H2,1-4H3,(H,27,29)/t19-/m1/s1. The van der Waals surface area contributed by atoms with E-state index in [0.29, 0.717) is 17.0 Å². The van der Waals surface area contributed by atoms with Crippen LogP contribution in [0.25, 0.3) is 0 Å². The molecule has 0 bridgehead atoms. The summed E-state index contributed by atoms with van der Waals surface area (Å²) in [5.41, 5.74) is 2.59. The van der Waals surface area contributed by atoms with Crippen LogP contribution in [0.5, 0.6) is 5.75 Å². The monoisotopic (exact) mass is 423 g/mol. The van der Waals surface area contributed by atoms with Crippen LogP contribution in [0.2, 0.25) is 0 Å². The smallest absolute Gasteiger partial charge is 0.341 e. The SMILES string of the molecule is CCOC(=O)c1cc(NC(=O)C2(c3ccc(C)cc3)CCCC2)ccc1O[C@H](C)CC. The van der Waals surface area contributed by atoms with Gasteiger partial charge in [-0.05, 0) is 63.8 Å². The molecule has 0 spiro atoms. The van der Waals surface area contributed by atoms with Crippen LogP contribution in [0.15, 0.2) is 42.5 Å². The van der Waals surface area contributed by atoms with Gasteiger partial charge in [0.25, 0.3) is 0 Å². The van der Waals surface area contributed by atoms with Crippen molar-refractivity contribution in [1.29, 1.82) is 0 Å². The molecule has 1 atom stereocenters. The molecule has 1 fully saturated rings. The number of benzene rings is 2. The first kappa shape index (κ1) is 22.9. The number of hydrogen-bond acceptors (Lipinski definition) is 4. The molecule has 2 aromatic rings. The number of esters is 1. The van der Waals surface area contributed by atoms with Gasteiger partial charge in [0.15, 0.2) is 0 Å². The van der Waals surface area contributed by atoms with Gasteiger partial charge in [-0.15, -0.1) is 0 Å². The number of rotatable bonds is 8. The number of ether oxygens (including phenoxy) is 2. The van der Waals surface area contributed by atoms with Gasteiger partial charge >= 0.3 is 5.97 Å². The lowest BCUT2D eigenvalue weighted by molar-refractivity contribution is -0.121. The van der Waals surface area contributed by atoms with Crippen LogP contribution in [0.4, 0.5) is 5.69 Å². The molecule has 0 aliphatic heterocycles. The molecule has 1 N–H and O–H groups in total. The second-order valence-corrected chi connectivity index (χ2v) is 8.38. The number of nitrogens with one attached hydrogen (secondary N) is 1. The van der Waals surface area contributed by atoms with Gasteiger partial charge in [0.1, 0.15) is 11.3 Å². The number of anilines is 1. The average Bonchev–Trinajstić information content (AvgIpc) is 3.26. The van der Waals surface area contributed by atoms with E-state index in [4.69, 9.17) is 9.47 Å². The third-order valence-electron chi connectivity index (χ3n) is 6.13. The van der Waals surface area contributed by atoms with E-state index in [0.717, 1.165) is 37.7 Å². The topological polar surface area (TPSA) is 64.6 Å². The maximum absolute atomic E-state index is 13.5. The molecular weight excluding hydrogens is 390 g/mol. The fourth-order valence-electron chi connectivity index (χ4n) is 4.13. The normalized spacial score (nSPS) is 15.9. The predicted molar refractivity (Wildman–Crippen MR) is 123 cm³/mol. The van der Waals surface area contributed by atoms with Crippen molar-refractivity contribution in [2.45, 2.75) is 71.3 Å². The minimum atomic E-state index is -0.538. The Bertz CT molecular complexity index is 914. The summed E-state index contributed by atoms with van der Waals surface area (Å²) in [4.78, 5) is 26.0. The van der Waals surface area contributed by atoms with Crippen molar-refractivity contribution in [2.75, 3.05) is 11.9 Å². The van der Waals surface area contributed by atoms with Crippen LogP contribution in [0.1, 0.15) is 74.4 Å². The Kier molecular flexibility index (Phi) is 7.37. The molecular formula is C26H33NO4. The summed E-state index contributed by atoms with van der Waals surface area (Å²) in [7, 11) is 0. The van der Waals surface area contributed by atoms with Crippen molar-refractivity contribution in [1.82, 2.24) is 0 Å². The molecule has 1 aliphatic carbocycles. The van der Waals surface area contributed by atoms with Crippen molar-refractivity contribution in [3.05, 3.63) is 59.2 Å². The lowest BCUT2D eigenvalue weighted by Gasteiger charge is -2.28. The lowest BCUT2D eigenvalue weighted by atomic mass is 9.77. The van der Waals surface area contributed by atoms with Gasteiger partial charge in [0.2, 0.25) is 5.91 Å². The summed E-state index contributed by atoms with van der Waals surface area (Å²) >= 11 is 0. The summed E-state index contributed by atoms with van der Waals surface area (Å²) in [6.07, 6.45) is 4.48. The summed E-state index contributed by atoms with van der Waals surface area (Å²) in [5, 5.41) is 3.07. The molecule has 0 saturated heterocycles. The number of amides is 1. The Morgan fingerprint density at radius 1 is 1.06 bits per heavy atom. The van der Waals surface area contributed by atoms with E-state index in [2.05, 4.69) is 29.6 Å². The van der Waals surface area contributed by atoms with Crippen LogP contribution < -0.4 is 10.1 Å². The van der Waals surface area contributed by atoms with E-state index >= 15 is 0 Å². The summed E-state index contributed by atoms with van der Waals surface area (Å²) in [6, 6.07) is 13.4. The second-order valence-electron chi connectivity index (χ2n) is 8.38. The molecule has 2 aromatic carbocycles. The third-order valence-corrected chi connectivity index (χ3v) is 6.13. The van der Waals surface area contributed by atoms with Crippen molar-refractivity contribution in [2.24, 2.45) is 0 Å². The molecule has 1 saturated carbocycles. The van der Waals surface area contributed by atoms with Crippen molar-refractivity contribution in [3.8, 4) is 5.75 Å². The van der Waals surface area contributed by atoms with E-state index < -0.39 is 11.4 Å². The maximum Gasteiger partial charge on any atom is 0.341 e. The maximum atomic E-state index is 13.5. The van der Waals surface area contributed by atoms with Gasteiger partial charge in [0, 0.05) is 5.69 Å². The lowest BCUT2D eigenvalue weighted by Crippen LogP contribution is -2.38. The number of hydrogen-bond donors (Lipinski definition) is 1. The molecule has 0 radical (unpaired) electrons. The van der Waals surface area contributed by atoms with Crippen LogP contribution in [0, 0.1) is 6.92 Å². The number of aryl methyl sites for hydroxylation is 1. The molecule has 0 unspecified atom stereocenters. The fourth-order valence-corrected chi connectivity index (χ4v) is 4.13. The van der Waals surface area contributed by atoms with E-state index in [1.54, 1.807) is 25.1 Å². The molecule has 5 heteroatoms. The Morgan fingerprint density at radius 2 is 1.74 bits per heavy atom. The first-order valence-electron chi connectivity index (χ1n) is 11.3. The van der Waals surface area contributed by atoms with Gasteiger partial charge in [-0.25, -0.2) is 4.79 Å². The highest BCUT2D eigenvalue weighted by Crippen LogP contribution is 2.42. The van der Waals surface area contributed by atoms with Gasteiger partial charge in [0.05, 0.1) is 18.1 Å². The highest BCUT2D eigenvalue weighted by Gasteiger charge is 2.42. The van der Waals surface area contributed by atoms with Crippen molar-refractivity contribution < 1.29 is 19.1 Å². The fraction of sp³-hybridized carbons (Fsp3) is 0.462. The first-order valence-corrected chi connectivity index (χ1v) is 11.3. The van der Waals surface area contributed by atoms with E-state index in [1.165, 1.54) is 5.56 Å². The van der Waals surface area contributed by atoms with Crippen molar-refractivity contribution in [3.63, 3.8) is 0 Å². The second kappa shape index (κ2) is 9.99. The zero-order chi connectivity index (χ0) is 22.4. The zero-order valence-electron chi connectivity index (χ0n) is 19.0. The zero-order valence-corrected chi connectivity index (χ0v) is 19.0. The first-order chi connectivity index (χ1) is 14.9. The van der Waals surface area contributed by atoms with E-state index in [1.807, 2.05) is 20.8 Å². The van der Waals surface area contributed by atoms with E-state index in [9.17, 15) is 9.59 Å². The number of carbonyl (C=O) groups is 2. The molecule has 0 aromatic heterocycles. The van der Waals surface area contributed by atoms with Crippen LogP contribution in [0.3, 0.4) is 0 Å². The summed E-state index contributed by atoms with van der Waals surface area (Å²) < 4.78 is 11.1. The van der Waals surface area contributed by atoms with Crippen LogP contribution in [-0.2, 0) is 14.9 Å². The highest BCUT2D eigenvalue weighted by atomic mass is 16.5. The molecule has 31 heavy (non-hydrogen) atoms. The molecule has 5 nitrogen and oxygen atoms in total. The van der Waals surface area contributed by atoms with E-state index in [-0.39, 0.29) is 18.6 Å². The summed E-state index contributed by atoms with van der Waals surface area (Å²) in [5.74, 6) is -0.00909. The Labute approximate surface area is 185 Å². The highest BCUT2D eigenvalue weighted by molar-refractivity contribution is 6.01.